The molecule has 17 heavy (non-hydrogen) atoms. The van der Waals surface area contributed by atoms with Crippen molar-refractivity contribution in [2.45, 2.75) is 19.0 Å². The molecule has 94 valence electrons. The molecule has 2 unspecified atom stereocenters. The van der Waals surface area contributed by atoms with Gasteiger partial charge in [0.1, 0.15) is 0 Å². The van der Waals surface area contributed by atoms with Gasteiger partial charge in [-0.1, -0.05) is 15.9 Å². The maximum Gasteiger partial charge on any atom is 0.0540 e. The molecule has 2 rings (SSSR count). The number of nitrogens with zero attached hydrogens (tertiary/aromatic N) is 2. The Morgan fingerprint density at radius 3 is 2.53 bits per heavy atom. The molecule has 1 saturated heterocycles. The van der Waals surface area contributed by atoms with Crippen LogP contribution in [0.4, 0.5) is 5.69 Å². The minimum Gasteiger partial charge on any atom is -0.364 e. The molecule has 0 spiro atoms. The minimum atomic E-state index is 0.414. The topological polar surface area (TPSA) is 32.5 Å². The highest BCUT2D eigenvalue weighted by molar-refractivity contribution is 9.10. The molecule has 0 aromatic heterocycles. The van der Waals surface area contributed by atoms with Gasteiger partial charge in [-0.15, -0.1) is 0 Å². The van der Waals surface area contributed by atoms with Crippen molar-refractivity contribution in [3.8, 4) is 0 Å². The highest BCUT2D eigenvalue weighted by atomic mass is 79.9. The lowest BCUT2D eigenvalue weighted by Gasteiger charge is -2.44. The van der Waals surface area contributed by atoms with Crippen LogP contribution in [0.25, 0.3) is 0 Å². The monoisotopic (exact) mass is 297 g/mol. The van der Waals surface area contributed by atoms with E-state index in [1.165, 1.54) is 5.69 Å². The van der Waals surface area contributed by atoms with E-state index in [-0.39, 0.29) is 0 Å². The quantitative estimate of drug-likeness (QED) is 0.905. The van der Waals surface area contributed by atoms with Gasteiger partial charge in [0.05, 0.1) is 6.04 Å². The molecule has 2 N–H and O–H groups in total. The van der Waals surface area contributed by atoms with Crippen LogP contribution in [0.1, 0.15) is 6.92 Å². The third-order valence-electron chi connectivity index (χ3n) is 3.58. The van der Waals surface area contributed by atoms with E-state index >= 15 is 0 Å². The fourth-order valence-corrected chi connectivity index (χ4v) is 2.60. The summed E-state index contributed by atoms with van der Waals surface area (Å²) in [6.07, 6.45) is 0. The average molecular weight is 298 g/mol. The van der Waals surface area contributed by atoms with E-state index in [0.29, 0.717) is 18.6 Å². The van der Waals surface area contributed by atoms with Crippen LogP contribution in [-0.4, -0.2) is 43.7 Å². The Labute approximate surface area is 112 Å². The molecule has 1 aliphatic heterocycles. The summed E-state index contributed by atoms with van der Waals surface area (Å²) in [6, 6.07) is 9.48. The summed E-state index contributed by atoms with van der Waals surface area (Å²) in [4.78, 5) is 4.81. The Balaban J connectivity index is 2.20. The zero-order chi connectivity index (χ0) is 12.4. The van der Waals surface area contributed by atoms with Crippen molar-refractivity contribution in [3.63, 3.8) is 0 Å². The number of likely N-dealkylation sites (N-methyl/N-ethyl adjacent to an activating group) is 1. The van der Waals surface area contributed by atoms with Crippen LogP contribution in [0.5, 0.6) is 0 Å². The molecule has 2 atom stereocenters. The molecule has 3 nitrogen and oxygen atoms in total. The molecule has 0 aliphatic carbocycles. The highest BCUT2D eigenvalue weighted by Crippen LogP contribution is 2.24. The zero-order valence-corrected chi connectivity index (χ0v) is 12.0. The Kier molecular flexibility index (Phi) is 4.07. The van der Waals surface area contributed by atoms with E-state index in [4.69, 9.17) is 5.73 Å². The first-order chi connectivity index (χ1) is 8.11. The normalized spacial score (nSPS) is 26.2. The van der Waals surface area contributed by atoms with Crippen LogP contribution < -0.4 is 10.6 Å². The van der Waals surface area contributed by atoms with Gasteiger partial charge in [-0.05, 0) is 38.2 Å². The highest BCUT2D eigenvalue weighted by Gasteiger charge is 2.28. The van der Waals surface area contributed by atoms with Crippen molar-refractivity contribution in [1.82, 2.24) is 4.90 Å². The zero-order valence-electron chi connectivity index (χ0n) is 10.4. The van der Waals surface area contributed by atoms with Gasteiger partial charge in [0.15, 0.2) is 0 Å². The molecule has 1 aromatic rings. The third-order valence-corrected chi connectivity index (χ3v) is 4.11. The van der Waals surface area contributed by atoms with Crippen molar-refractivity contribution in [2.24, 2.45) is 5.73 Å². The smallest absolute Gasteiger partial charge is 0.0540 e. The number of rotatable bonds is 2. The van der Waals surface area contributed by atoms with Gasteiger partial charge in [-0.3, -0.25) is 4.90 Å². The minimum absolute atomic E-state index is 0.414. The maximum absolute atomic E-state index is 5.89. The van der Waals surface area contributed by atoms with E-state index in [2.05, 4.69) is 64.0 Å². The maximum atomic E-state index is 5.89. The predicted octanol–water partition coefficient (Wildman–Crippen LogP) is 1.92. The van der Waals surface area contributed by atoms with Gasteiger partial charge in [0, 0.05) is 35.8 Å². The second-order valence-corrected chi connectivity index (χ2v) is 5.72. The summed E-state index contributed by atoms with van der Waals surface area (Å²) in [5.74, 6) is 0. The van der Waals surface area contributed by atoms with Crippen LogP contribution >= 0.6 is 15.9 Å². The molecule has 0 radical (unpaired) electrons. The number of hydrogen-bond donors (Lipinski definition) is 1. The van der Waals surface area contributed by atoms with Crippen molar-refractivity contribution in [3.05, 3.63) is 28.7 Å². The van der Waals surface area contributed by atoms with E-state index in [9.17, 15) is 0 Å². The molecule has 1 heterocycles. The first kappa shape index (κ1) is 12.9. The molecular formula is C13H20BrN3. The number of halogens is 1. The van der Waals surface area contributed by atoms with E-state index < -0.39 is 0 Å². The number of piperazine rings is 1. The number of benzene rings is 1. The first-order valence-corrected chi connectivity index (χ1v) is 6.83. The summed E-state index contributed by atoms with van der Waals surface area (Å²) in [6.45, 7) is 5.04. The van der Waals surface area contributed by atoms with Crippen molar-refractivity contribution in [2.75, 3.05) is 31.6 Å². The molecule has 0 saturated carbocycles. The summed E-state index contributed by atoms with van der Waals surface area (Å²) in [5.41, 5.74) is 7.16. The third kappa shape index (κ3) is 2.81. The lowest BCUT2D eigenvalue weighted by atomic mass is 10.1. The Morgan fingerprint density at radius 1 is 1.29 bits per heavy atom. The van der Waals surface area contributed by atoms with Crippen molar-refractivity contribution >= 4 is 21.6 Å². The Morgan fingerprint density at radius 2 is 1.94 bits per heavy atom. The van der Waals surface area contributed by atoms with Gasteiger partial charge in [0.2, 0.25) is 0 Å². The van der Waals surface area contributed by atoms with Gasteiger partial charge >= 0.3 is 0 Å². The fourth-order valence-electron chi connectivity index (χ4n) is 2.33. The average Bonchev–Trinajstić information content (AvgIpc) is 2.33. The fraction of sp³-hybridized carbons (Fsp3) is 0.538. The molecular weight excluding hydrogens is 278 g/mol. The van der Waals surface area contributed by atoms with E-state index in [1.54, 1.807) is 0 Å². The van der Waals surface area contributed by atoms with Crippen LogP contribution in [-0.2, 0) is 0 Å². The summed E-state index contributed by atoms with van der Waals surface area (Å²) in [5, 5.41) is 0. The van der Waals surface area contributed by atoms with Gasteiger partial charge in [-0.25, -0.2) is 0 Å². The SMILES string of the molecule is CC1CN(c2ccc(Br)cc2)C(CN)CN1C. The van der Waals surface area contributed by atoms with E-state index in [0.717, 1.165) is 17.6 Å². The van der Waals surface area contributed by atoms with Crippen LogP contribution in [0.2, 0.25) is 0 Å². The van der Waals surface area contributed by atoms with Crippen molar-refractivity contribution < 1.29 is 0 Å². The number of hydrogen-bond acceptors (Lipinski definition) is 3. The second kappa shape index (κ2) is 5.38. The largest absolute Gasteiger partial charge is 0.364 e. The van der Waals surface area contributed by atoms with Crippen LogP contribution in [0.15, 0.2) is 28.7 Å². The van der Waals surface area contributed by atoms with Gasteiger partial charge < -0.3 is 10.6 Å². The standard InChI is InChI=1S/C13H20BrN3/c1-10-8-17(13(7-15)9-16(10)2)12-5-3-11(14)4-6-12/h3-6,10,13H,7-9,15H2,1-2H3. The van der Waals surface area contributed by atoms with E-state index in [1.807, 2.05) is 0 Å². The van der Waals surface area contributed by atoms with Crippen molar-refractivity contribution in [1.29, 1.82) is 0 Å². The lowest BCUT2D eigenvalue weighted by molar-refractivity contribution is 0.202. The predicted molar refractivity (Wildman–Crippen MR) is 76.4 cm³/mol. The number of anilines is 1. The molecule has 1 fully saturated rings. The molecule has 4 heteroatoms. The molecule has 1 aromatic carbocycles. The Bertz CT molecular complexity index is 365. The number of nitrogens with two attached hydrogens (primary N) is 1. The van der Waals surface area contributed by atoms with Gasteiger partial charge in [0.25, 0.3) is 0 Å². The van der Waals surface area contributed by atoms with Crippen LogP contribution in [0.3, 0.4) is 0 Å². The van der Waals surface area contributed by atoms with Gasteiger partial charge in [-0.2, -0.15) is 0 Å². The second-order valence-electron chi connectivity index (χ2n) is 4.81. The molecule has 0 amide bonds. The molecule has 1 aliphatic rings. The lowest BCUT2D eigenvalue weighted by Crippen LogP contribution is -2.58. The Hall–Kier alpha value is -0.580. The molecule has 0 bridgehead atoms. The van der Waals surface area contributed by atoms with Crippen LogP contribution in [0, 0.1) is 0 Å². The first-order valence-electron chi connectivity index (χ1n) is 6.04. The summed E-state index contributed by atoms with van der Waals surface area (Å²) < 4.78 is 1.12. The summed E-state index contributed by atoms with van der Waals surface area (Å²) >= 11 is 3.47. The summed E-state index contributed by atoms with van der Waals surface area (Å²) in [7, 11) is 2.17.